The maximum atomic E-state index is 5.90. The van der Waals surface area contributed by atoms with Crippen molar-refractivity contribution in [2.45, 2.75) is 53.0 Å². The quantitative estimate of drug-likeness (QED) is 0.705. The van der Waals surface area contributed by atoms with Crippen molar-refractivity contribution >= 4 is 0 Å². The van der Waals surface area contributed by atoms with E-state index in [2.05, 4.69) is 57.3 Å². The van der Waals surface area contributed by atoms with Crippen LogP contribution in [-0.4, -0.2) is 13.2 Å². The van der Waals surface area contributed by atoms with Crippen LogP contribution < -0.4 is 10.1 Å². The standard InChI is InChI=1S/C17H29NO/c1-5-12-18-17(14(4)7-3)15-10-8-9-11-16(15)19-13-6-2/h8-11,14,17-18H,5-7,12-13H2,1-4H3. The summed E-state index contributed by atoms with van der Waals surface area (Å²) in [4.78, 5) is 0. The summed E-state index contributed by atoms with van der Waals surface area (Å²) >= 11 is 0. The van der Waals surface area contributed by atoms with Gasteiger partial charge < -0.3 is 10.1 Å². The molecule has 0 aliphatic rings. The van der Waals surface area contributed by atoms with E-state index in [0.29, 0.717) is 12.0 Å². The van der Waals surface area contributed by atoms with Crippen molar-refractivity contribution in [2.75, 3.05) is 13.2 Å². The van der Waals surface area contributed by atoms with Gasteiger partial charge in [0.05, 0.1) is 6.61 Å². The van der Waals surface area contributed by atoms with Crippen molar-refractivity contribution in [2.24, 2.45) is 5.92 Å². The predicted molar refractivity (Wildman–Crippen MR) is 82.7 cm³/mol. The molecule has 1 aromatic rings. The van der Waals surface area contributed by atoms with E-state index in [0.717, 1.165) is 31.7 Å². The van der Waals surface area contributed by atoms with Gasteiger partial charge in [0.25, 0.3) is 0 Å². The van der Waals surface area contributed by atoms with Crippen LogP contribution in [0.3, 0.4) is 0 Å². The molecule has 0 heterocycles. The first-order valence-electron chi connectivity index (χ1n) is 7.69. The molecule has 1 N–H and O–H groups in total. The topological polar surface area (TPSA) is 21.3 Å². The van der Waals surface area contributed by atoms with Gasteiger partial charge in [0.2, 0.25) is 0 Å². The maximum Gasteiger partial charge on any atom is 0.124 e. The average Bonchev–Trinajstić information content (AvgIpc) is 2.46. The summed E-state index contributed by atoms with van der Waals surface area (Å²) in [5.74, 6) is 1.65. The van der Waals surface area contributed by atoms with Gasteiger partial charge in [-0.15, -0.1) is 0 Å². The molecule has 1 aromatic carbocycles. The summed E-state index contributed by atoms with van der Waals surface area (Å²) in [5, 5.41) is 3.67. The van der Waals surface area contributed by atoms with Crippen LogP contribution in [0.25, 0.3) is 0 Å². The van der Waals surface area contributed by atoms with Crippen molar-refractivity contribution in [3.05, 3.63) is 29.8 Å². The van der Waals surface area contributed by atoms with Gasteiger partial charge in [0.15, 0.2) is 0 Å². The van der Waals surface area contributed by atoms with Crippen LogP contribution in [0.15, 0.2) is 24.3 Å². The van der Waals surface area contributed by atoms with E-state index < -0.39 is 0 Å². The first-order chi connectivity index (χ1) is 9.24. The molecule has 108 valence electrons. The molecule has 0 fully saturated rings. The Hall–Kier alpha value is -1.02. The lowest BCUT2D eigenvalue weighted by atomic mass is 9.91. The van der Waals surface area contributed by atoms with E-state index in [9.17, 15) is 0 Å². The zero-order valence-corrected chi connectivity index (χ0v) is 12.9. The fourth-order valence-corrected chi connectivity index (χ4v) is 2.23. The highest BCUT2D eigenvalue weighted by Gasteiger charge is 2.20. The molecule has 0 bridgehead atoms. The fourth-order valence-electron chi connectivity index (χ4n) is 2.23. The Balaban J connectivity index is 2.92. The molecular weight excluding hydrogens is 234 g/mol. The Kier molecular flexibility index (Phi) is 7.57. The van der Waals surface area contributed by atoms with Crippen molar-refractivity contribution in [1.82, 2.24) is 5.32 Å². The summed E-state index contributed by atoms with van der Waals surface area (Å²) < 4.78 is 5.90. The number of hydrogen-bond donors (Lipinski definition) is 1. The van der Waals surface area contributed by atoms with E-state index in [1.807, 2.05) is 0 Å². The van der Waals surface area contributed by atoms with Crippen LogP contribution in [0.4, 0.5) is 0 Å². The van der Waals surface area contributed by atoms with Gasteiger partial charge in [-0.05, 0) is 31.4 Å². The van der Waals surface area contributed by atoms with E-state index >= 15 is 0 Å². The summed E-state index contributed by atoms with van der Waals surface area (Å²) in [7, 11) is 0. The lowest BCUT2D eigenvalue weighted by Crippen LogP contribution is -2.28. The normalized spacial score (nSPS) is 14.1. The highest BCUT2D eigenvalue weighted by Crippen LogP contribution is 2.31. The lowest BCUT2D eigenvalue weighted by Gasteiger charge is -2.26. The van der Waals surface area contributed by atoms with Gasteiger partial charge >= 0.3 is 0 Å². The minimum Gasteiger partial charge on any atom is -0.493 e. The van der Waals surface area contributed by atoms with Gasteiger partial charge in [-0.3, -0.25) is 0 Å². The first-order valence-corrected chi connectivity index (χ1v) is 7.69. The van der Waals surface area contributed by atoms with Crippen LogP contribution in [0.1, 0.15) is 58.6 Å². The predicted octanol–water partition coefficient (Wildman–Crippen LogP) is 4.56. The smallest absolute Gasteiger partial charge is 0.124 e. The summed E-state index contributed by atoms with van der Waals surface area (Å²) in [5.41, 5.74) is 1.30. The van der Waals surface area contributed by atoms with E-state index in [1.54, 1.807) is 0 Å². The molecule has 0 saturated heterocycles. The third-order valence-electron chi connectivity index (χ3n) is 3.54. The minimum absolute atomic E-state index is 0.387. The Labute approximate surface area is 118 Å². The summed E-state index contributed by atoms with van der Waals surface area (Å²) in [6.45, 7) is 10.8. The van der Waals surface area contributed by atoms with Crippen molar-refractivity contribution in [3.8, 4) is 5.75 Å². The Morgan fingerprint density at radius 1 is 1.11 bits per heavy atom. The molecule has 1 rings (SSSR count). The summed E-state index contributed by atoms with van der Waals surface area (Å²) in [6, 6.07) is 8.84. The molecule has 0 radical (unpaired) electrons. The molecular formula is C17H29NO. The minimum atomic E-state index is 0.387. The zero-order chi connectivity index (χ0) is 14.1. The molecule has 0 saturated carbocycles. The largest absolute Gasteiger partial charge is 0.493 e. The van der Waals surface area contributed by atoms with E-state index in [1.165, 1.54) is 12.0 Å². The number of ether oxygens (including phenoxy) is 1. The number of benzene rings is 1. The highest BCUT2D eigenvalue weighted by atomic mass is 16.5. The molecule has 2 heteroatoms. The van der Waals surface area contributed by atoms with E-state index in [-0.39, 0.29) is 0 Å². The second-order valence-electron chi connectivity index (χ2n) is 5.20. The maximum absolute atomic E-state index is 5.90. The van der Waals surface area contributed by atoms with Gasteiger partial charge in [-0.25, -0.2) is 0 Å². The van der Waals surface area contributed by atoms with Crippen molar-refractivity contribution < 1.29 is 4.74 Å². The fraction of sp³-hybridized carbons (Fsp3) is 0.647. The van der Waals surface area contributed by atoms with Crippen molar-refractivity contribution in [3.63, 3.8) is 0 Å². The SMILES string of the molecule is CCCNC(c1ccccc1OCCC)C(C)CC. The molecule has 2 nitrogen and oxygen atoms in total. The molecule has 2 unspecified atom stereocenters. The third-order valence-corrected chi connectivity index (χ3v) is 3.54. The number of para-hydroxylation sites is 1. The number of nitrogens with one attached hydrogen (secondary N) is 1. The van der Waals surface area contributed by atoms with Crippen LogP contribution in [0, 0.1) is 5.92 Å². The molecule has 0 aliphatic carbocycles. The van der Waals surface area contributed by atoms with Gasteiger partial charge in [0, 0.05) is 11.6 Å². The van der Waals surface area contributed by atoms with Crippen molar-refractivity contribution in [1.29, 1.82) is 0 Å². The first kappa shape index (κ1) is 16.0. The molecule has 2 atom stereocenters. The second kappa shape index (κ2) is 8.98. The summed E-state index contributed by atoms with van der Waals surface area (Å²) in [6.07, 6.45) is 3.37. The molecule has 0 amide bonds. The lowest BCUT2D eigenvalue weighted by molar-refractivity contribution is 0.299. The van der Waals surface area contributed by atoms with E-state index in [4.69, 9.17) is 4.74 Å². The zero-order valence-electron chi connectivity index (χ0n) is 12.9. The average molecular weight is 263 g/mol. The molecule has 0 aromatic heterocycles. The highest BCUT2D eigenvalue weighted by molar-refractivity contribution is 5.36. The Bertz CT molecular complexity index is 351. The van der Waals surface area contributed by atoms with Crippen LogP contribution in [-0.2, 0) is 0 Å². The number of hydrogen-bond acceptors (Lipinski definition) is 2. The monoisotopic (exact) mass is 263 g/mol. The van der Waals surface area contributed by atoms with Gasteiger partial charge in [0.1, 0.15) is 5.75 Å². The van der Waals surface area contributed by atoms with Gasteiger partial charge in [-0.1, -0.05) is 52.3 Å². The van der Waals surface area contributed by atoms with Crippen LogP contribution in [0.2, 0.25) is 0 Å². The molecule has 19 heavy (non-hydrogen) atoms. The third kappa shape index (κ3) is 4.87. The molecule has 0 spiro atoms. The Morgan fingerprint density at radius 3 is 2.47 bits per heavy atom. The Morgan fingerprint density at radius 2 is 1.84 bits per heavy atom. The molecule has 0 aliphatic heterocycles. The number of rotatable bonds is 9. The van der Waals surface area contributed by atoms with Crippen LogP contribution in [0.5, 0.6) is 5.75 Å². The van der Waals surface area contributed by atoms with Crippen LogP contribution >= 0.6 is 0 Å². The van der Waals surface area contributed by atoms with Gasteiger partial charge in [-0.2, -0.15) is 0 Å². The second-order valence-corrected chi connectivity index (χ2v) is 5.20.